The Kier molecular flexibility index (Phi) is 5.53. The molecule has 0 saturated carbocycles. The largest absolute Gasteiger partial charge is 0.459 e. The summed E-state index contributed by atoms with van der Waals surface area (Å²) in [7, 11) is 0. The molecule has 27 heavy (non-hydrogen) atoms. The molecule has 0 aliphatic carbocycles. The molecule has 0 aromatic heterocycles. The Bertz CT molecular complexity index is 655. The Labute approximate surface area is 140 Å². The van der Waals surface area contributed by atoms with Gasteiger partial charge in [-0.2, -0.15) is 67.3 Å². The summed E-state index contributed by atoms with van der Waals surface area (Å²) in [5.41, 5.74) is -8.12. The molecule has 2 nitrogen and oxygen atoms in total. The molecular formula is C12H5F13N2. The molecule has 0 aliphatic rings. The van der Waals surface area contributed by atoms with Crippen LogP contribution in [0.5, 0.6) is 0 Å². The Morgan fingerprint density at radius 3 is 1.26 bits per heavy atom. The Morgan fingerprint density at radius 1 is 0.519 bits per heavy atom. The standard InChI is InChI=1S/C12H5F13N2/c13-8(14,9(15,16)12(23,24)25)7(10(17,18)19,11(20,21)22)27-26-6-4-2-1-3-5-6/h1-5H. The van der Waals surface area contributed by atoms with Gasteiger partial charge in [0.1, 0.15) is 0 Å². The van der Waals surface area contributed by atoms with Gasteiger partial charge in [-0.25, -0.2) is 0 Å². The van der Waals surface area contributed by atoms with Crippen LogP contribution in [0.15, 0.2) is 40.6 Å². The van der Waals surface area contributed by atoms with Crippen LogP contribution in [0.3, 0.4) is 0 Å². The van der Waals surface area contributed by atoms with Crippen molar-refractivity contribution in [3.8, 4) is 0 Å². The van der Waals surface area contributed by atoms with Gasteiger partial charge in [-0.3, -0.25) is 0 Å². The van der Waals surface area contributed by atoms with E-state index in [1.165, 1.54) is 5.11 Å². The molecule has 0 aliphatic heterocycles. The van der Waals surface area contributed by atoms with E-state index in [0.717, 1.165) is 18.2 Å². The summed E-state index contributed by atoms with van der Waals surface area (Å²) in [6.45, 7) is 0. The monoisotopic (exact) mass is 424 g/mol. The quantitative estimate of drug-likeness (QED) is 0.391. The molecule has 0 fully saturated rings. The van der Waals surface area contributed by atoms with Crippen LogP contribution in [0.2, 0.25) is 0 Å². The molecule has 0 saturated heterocycles. The van der Waals surface area contributed by atoms with Gasteiger partial charge in [-0.1, -0.05) is 18.2 Å². The van der Waals surface area contributed by atoms with Gasteiger partial charge in [0.2, 0.25) is 0 Å². The van der Waals surface area contributed by atoms with E-state index in [1.54, 1.807) is 0 Å². The number of benzene rings is 1. The molecule has 0 amide bonds. The highest BCUT2D eigenvalue weighted by molar-refractivity contribution is 5.35. The number of hydrogen-bond donors (Lipinski definition) is 0. The zero-order valence-electron chi connectivity index (χ0n) is 12.2. The van der Waals surface area contributed by atoms with Crippen molar-refractivity contribution in [1.82, 2.24) is 0 Å². The van der Waals surface area contributed by atoms with Crippen molar-refractivity contribution in [3.05, 3.63) is 30.3 Å². The zero-order chi connectivity index (χ0) is 21.5. The molecule has 0 radical (unpaired) electrons. The van der Waals surface area contributed by atoms with Crippen molar-refractivity contribution < 1.29 is 57.1 Å². The summed E-state index contributed by atoms with van der Waals surface area (Å²) in [5, 5.41) is 3.44. The molecule has 0 N–H and O–H groups in total. The van der Waals surface area contributed by atoms with Crippen LogP contribution in [-0.2, 0) is 0 Å². The van der Waals surface area contributed by atoms with E-state index in [1.807, 2.05) is 0 Å². The van der Waals surface area contributed by atoms with Crippen LogP contribution in [0.25, 0.3) is 0 Å². The van der Waals surface area contributed by atoms with Gasteiger partial charge >= 0.3 is 35.9 Å². The lowest BCUT2D eigenvalue weighted by Crippen LogP contribution is -2.74. The lowest BCUT2D eigenvalue weighted by molar-refractivity contribution is -0.426. The lowest BCUT2D eigenvalue weighted by Gasteiger charge is -2.41. The summed E-state index contributed by atoms with van der Waals surface area (Å²) < 4.78 is 167. The average molecular weight is 424 g/mol. The van der Waals surface area contributed by atoms with Crippen LogP contribution < -0.4 is 0 Å². The summed E-state index contributed by atoms with van der Waals surface area (Å²) in [6.07, 6.45) is -22.3. The normalized spacial score (nSPS) is 15.4. The van der Waals surface area contributed by atoms with Gasteiger partial charge in [0.25, 0.3) is 0 Å². The minimum atomic E-state index is -7.83. The number of nitrogens with zero attached hydrogens (tertiary/aromatic N) is 2. The van der Waals surface area contributed by atoms with E-state index in [2.05, 4.69) is 5.11 Å². The highest BCUT2D eigenvalue weighted by atomic mass is 19.4. The van der Waals surface area contributed by atoms with E-state index < -0.39 is 41.6 Å². The van der Waals surface area contributed by atoms with Crippen LogP contribution >= 0.6 is 0 Å². The summed E-state index contributed by atoms with van der Waals surface area (Å²) in [5.74, 6) is -15.6. The van der Waals surface area contributed by atoms with Crippen LogP contribution in [-0.4, -0.2) is 35.9 Å². The predicted octanol–water partition coefficient (Wildman–Crippen LogP) is 6.47. The Balaban J connectivity index is 3.86. The van der Waals surface area contributed by atoms with Crippen molar-refractivity contribution in [1.29, 1.82) is 0 Å². The molecule has 0 heterocycles. The van der Waals surface area contributed by atoms with Crippen molar-refractivity contribution in [2.24, 2.45) is 10.2 Å². The fraction of sp³-hybridized carbons (Fsp3) is 0.500. The molecule has 1 rings (SSSR count). The maximum atomic E-state index is 13.6. The lowest BCUT2D eigenvalue weighted by atomic mass is 9.85. The molecule has 15 heteroatoms. The number of halogens is 13. The molecule has 154 valence electrons. The predicted molar refractivity (Wildman–Crippen MR) is 61.7 cm³/mol. The third kappa shape index (κ3) is 3.54. The van der Waals surface area contributed by atoms with Crippen molar-refractivity contribution >= 4 is 5.69 Å². The summed E-state index contributed by atoms with van der Waals surface area (Å²) in [6, 6.07) is 4.33. The Hall–Kier alpha value is -2.09. The van der Waals surface area contributed by atoms with Crippen molar-refractivity contribution in [3.63, 3.8) is 0 Å². The van der Waals surface area contributed by atoms with Gasteiger partial charge < -0.3 is 0 Å². The summed E-state index contributed by atoms with van der Waals surface area (Å²) in [4.78, 5) is 0. The van der Waals surface area contributed by atoms with Gasteiger partial charge in [-0.05, 0) is 12.1 Å². The van der Waals surface area contributed by atoms with E-state index in [4.69, 9.17) is 0 Å². The van der Waals surface area contributed by atoms with Crippen LogP contribution in [0, 0.1) is 0 Å². The van der Waals surface area contributed by atoms with Crippen LogP contribution in [0.1, 0.15) is 0 Å². The topological polar surface area (TPSA) is 24.7 Å². The number of azo groups is 1. The number of alkyl halides is 13. The van der Waals surface area contributed by atoms with E-state index in [-0.39, 0.29) is 0 Å². The number of hydrogen-bond acceptors (Lipinski definition) is 2. The summed E-state index contributed by atoms with van der Waals surface area (Å²) >= 11 is 0. The maximum Gasteiger partial charge on any atom is 0.459 e. The Morgan fingerprint density at radius 2 is 0.926 bits per heavy atom. The fourth-order valence-electron chi connectivity index (χ4n) is 1.73. The maximum absolute atomic E-state index is 13.6. The van der Waals surface area contributed by atoms with Gasteiger partial charge in [0, 0.05) is 0 Å². The minimum absolute atomic E-state index is 0.640. The fourth-order valence-corrected chi connectivity index (χ4v) is 1.73. The molecule has 0 atom stereocenters. The molecular weight excluding hydrogens is 419 g/mol. The first kappa shape index (κ1) is 23.0. The van der Waals surface area contributed by atoms with Crippen molar-refractivity contribution in [2.75, 3.05) is 0 Å². The first-order valence-corrected chi connectivity index (χ1v) is 6.26. The zero-order valence-corrected chi connectivity index (χ0v) is 12.2. The molecule has 0 spiro atoms. The molecule has 0 bridgehead atoms. The highest BCUT2D eigenvalue weighted by Gasteiger charge is 2.93. The first-order chi connectivity index (χ1) is 11.8. The average Bonchev–Trinajstić information content (AvgIpc) is 2.44. The second-order valence-corrected chi connectivity index (χ2v) is 4.89. The highest BCUT2D eigenvalue weighted by Crippen LogP contribution is 2.62. The second kappa shape index (κ2) is 6.51. The van der Waals surface area contributed by atoms with Gasteiger partial charge in [0.05, 0.1) is 5.69 Å². The van der Waals surface area contributed by atoms with E-state index in [0.29, 0.717) is 12.1 Å². The van der Waals surface area contributed by atoms with Gasteiger partial charge in [-0.15, -0.1) is 0 Å². The van der Waals surface area contributed by atoms with E-state index >= 15 is 0 Å². The minimum Gasteiger partial charge on any atom is -0.196 e. The molecule has 1 aromatic carbocycles. The molecule has 0 unspecified atom stereocenters. The first-order valence-electron chi connectivity index (χ1n) is 6.26. The SMILES string of the molecule is FC(F)(F)C(F)(F)C(F)(F)C(N=Nc1ccccc1)(C(F)(F)F)C(F)(F)F. The third-order valence-electron chi connectivity index (χ3n) is 3.10. The van der Waals surface area contributed by atoms with Crippen LogP contribution in [0.4, 0.5) is 62.8 Å². The third-order valence-corrected chi connectivity index (χ3v) is 3.10. The number of rotatable bonds is 4. The second-order valence-electron chi connectivity index (χ2n) is 4.89. The van der Waals surface area contributed by atoms with Crippen molar-refractivity contribution in [2.45, 2.75) is 35.9 Å². The van der Waals surface area contributed by atoms with Gasteiger partial charge in [0.15, 0.2) is 0 Å². The smallest absolute Gasteiger partial charge is 0.196 e. The van der Waals surface area contributed by atoms with E-state index in [9.17, 15) is 57.1 Å². The molecule has 1 aromatic rings.